The van der Waals surface area contributed by atoms with E-state index in [0.717, 1.165) is 6.07 Å². The number of carbonyl (C=O) groups excluding carboxylic acids is 1. The smallest absolute Gasteiger partial charge is 0.306 e. The summed E-state index contributed by atoms with van der Waals surface area (Å²) in [6, 6.07) is 17.3. The van der Waals surface area contributed by atoms with E-state index in [1.165, 1.54) is 25.3 Å². The quantitative estimate of drug-likeness (QED) is 0.403. The average Bonchev–Trinajstić information content (AvgIpc) is 2.78. The van der Waals surface area contributed by atoms with Crippen LogP contribution in [0.1, 0.15) is 23.5 Å². The molecule has 0 aliphatic rings. The largest absolute Gasteiger partial charge is 0.508 e. The fraction of sp³-hybridized carbons (Fsp3) is 0.120. The van der Waals surface area contributed by atoms with Crippen molar-refractivity contribution in [2.45, 2.75) is 12.3 Å². The monoisotopic (exact) mass is 432 g/mol. The van der Waals surface area contributed by atoms with Gasteiger partial charge in [-0.25, -0.2) is 0 Å². The lowest BCUT2D eigenvalue weighted by molar-refractivity contribution is -0.140. The fourth-order valence-electron chi connectivity index (χ4n) is 3.75. The van der Waals surface area contributed by atoms with Crippen LogP contribution in [-0.2, 0) is 9.53 Å². The van der Waals surface area contributed by atoms with Crippen LogP contribution in [0.5, 0.6) is 17.2 Å². The molecular formula is C25H20O7. The molecule has 7 heteroatoms. The van der Waals surface area contributed by atoms with Crippen molar-refractivity contribution in [3.05, 3.63) is 88.1 Å². The number of rotatable bonds is 5. The molecule has 0 bridgehead atoms. The standard InChI is InChI=1S/C25H20O7/c1-31-22(30)11-17(14-7-9-16(26)10-8-14)23-18(27)12-19(28)24-20(29)13-21(32-25(23)24)15-5-3-2-4-6-15/h2-10,12-13,17,26-28H,11H2,1H3/t17-/m1/s1. The Kier molecular flexibility index (Phi) is 5.55. The van der Waals surface area contributed by atoms with Gasteiger partial charge in [0.15, 0.2) is 5.43 Å². The third kappa shape index (κ3) is 3.88. The lowest BCUT2D eigenvalue weighted by Crippen LogP contribution is -2.12. The maximum Gasteiger partial charge on any atom is 0.306 e. The van der Waals surface area contributed by atoms with E-state index in [9.17, 15) is 24.9 Å². The summed E-state index contributed by atoms with van der Waals surface area (Å²) in [5, 5.41) is 30.7. The Labute approximate surface area is 182 Å². The van der Waals surface area contributed by atoms with E-state index in [2.05, 4.69) is 0 Å². The van der Waals surface area contributed by atoms with Gasteiger partial charge in [-0.1, -0.05) is 42.5 Å². The van der Waals surface area contributed by atoms with Gasteiger partial charge in [-0.05, 0) is 17.7 Å². The van der Waals surface area contributed by atoms with Crippen LogP contribution in [0, 0.1) is 0 Å². The number of ether oxygens (including phenoxy) is 1. The van der Waals surface area contributed by atoms with Gasteiger partial charge in [0, 0.05) is 29.2 Å². The van der Waals surface area contributed by atoms with E-state index < -0.39 is 23.1 Å². The van der Waals surface area contributed by atoms with Crippen LogP contribution in [0.3, 0.4) is 0 Å². The first-order chi connectivity index (χ1) is 15.4. The summed E-state index contributed by atoms with van der Waals surface area (Å²) in [7, 11) is 1.25. The number of methoxy groups -OCH3 is 1. The Morgan fingerprint density at radius 3 is 2.31 bits per heavy atom. The van der Waals surface area contributed by atoms with Gasteiger partial charge in [0.1, 0.15) is 34.0 Å². The van der Waals surface area contributed by atoms with Crippen molar-refractivity contribution in [1.82, 2.24) is 0 Å². The molecule has 3 N–H and O–H groups in total. The van der Waals surface area contributed by atoms with Gasteiger partial charge in [-0.2, -0.15) is 0 Å². The molecule has 1 heterocycles. The number of benzene rings is 3. The molecule has 0 saturated carbocycles. The third-order valence-electron chi connectivity index (χ3n) is 5.30. The fourth-order valence-corrected chi connectivity index (χ4v) is 3.75. The number of hydrogen-bond acceptors (Lipinski definition) is 7. The topological polar surface area (TPSA) is 117 Å². The highest BCUT2D eigenvalue weighted by Gasteiger charge is 2.28. The number of aromatic hydroxyl groups is 3. The molecule has 1 atom stereocenters. The summed E-state index contributed by atoms with van der Waals surface area (Å²) in [6.45, 7) is 0. The molecule has 4 rings (SSSR count). The minimum absolute atomic E-state index is 0.0308. The van der Waals surface area contributed by atoms with Crippen molar-refractivity contribution < 1.29 is 29.3 Å². The molecule has 3 aromatic carbocycles. The average molecular weight is 432 g/mol. The normalized spacial score (nSPS) is 11.9. The van der Waals surface area contributed by atoms with E-state index in [1.807, 2.05) is 6.07 Å². The lowest BCUT2D eigenvalue weighted by Gasteiger charge is -2.20. The number of hydrogen-bond donors (Lipinski definition) is 3. The predicted molar refractivity (Wildman–Crippen MR) is 118 cm³/mol. The van der Waals surface area contributed by atoms with Crippen molar-refractivity contribution in [3.63, 3.8) is 0 Å². The molecule has 7 nitrogen and oxygen atoms in total. The minimum atomic E-state index is -0.777. The zero-order chi connectivity index (χ0) is 22.8. The van der Waals surface area contributed by atoms with Crippen molar-refractivity contribution >= 4 is 16.9 Å². The first kappa shape index (κ1) is 21.0. The van der Waals surface area contributed by atoms with Crippen LogP contribution in [0.25, 0.3) is 22.3 Å². The van der Waals surface area contributed by atoms with Gasteiger partial charge in [-0.3, -0.25) is 9.59 Å². The zero-order valence-corrected chi connectivity index (χ0v) is 17.1. The highest BCUT2D eigenvalue weighted by molar-refractivity contribution is 5.90. The number of phenolic OH excluding ortho intramolecular Hbond substituents is 3. The van der Waals surface area contributed by atoms with E-state index in [1.54, 1.807) is 36.4 Å². The van der Waals surface area contributed by atoms with Gasteiger partial charge in [-0.15, -0.1) is 0 Å². The molecule has 4 aromatic rings. The van der Waals surface area contributed by atoms with Crippen molar-refractivity contribution in [1.29, 1.82) is 0 Å². The van der Waals surface area contributed by atoms with Gasteiger partial charge in [0.05, 0.1) is 13.5 Å². The Bertz CT molecular complexity index is 1340. The molecule has 0 spiro atoms. The third-order valence-corrected chi connectivity index (χ3v) is 5.30. The SMILES string of the molecule is COC(=O)C[C@H](c1ccc(O)cc1)c1c(O)cc(O)c2c(=O)cc(-c3ccccc3)oc12. The van der Waals surface area contributed by atoms with E-state index in [4.69, 9.17) is 9.15 Å². The highest BCUT2D eigenvalue weighted by Crippen LogP contribution is 2.43. The van der Waals surface area contributed by atoms with Crippen LogP contribution in [0.2, 0.25) is 0 Å². The molecule has 0 radical (unpaired) electrons. The van der Waals surface area contributed by atoms with Gasteiger partial charge >= 0.3 is 5.97 Å². The summed E-state index contributed by atoms with van der Waals surface area (Å²) in [5.74, 6) is -1.83. The van der Waals surface area contributed by atoms with E-state index in [0.29, 0.717) is 11.1 Å². The summed E-state index contributed by atoms with van der Waals surface area (Å²) in [6.07, 6.45) is -0.173. The van der Waals surface area contributed by atoms with Gasteiger partial charge < -0.3 is 24.5 Å². The van der Waals surface area contributed by atoms with Crippen LogP contribution in [0.15, 0.2) is 75.9 Å². The van der Waals surface area contributed by atoms with Crippen LogP contribution >= 0.6 is 0 Å². The Hall–Kier alpha value is -4.26. The summed E-state index contributed by atoms with van der Waals surface area (Å²) in [5.41, 5.74) is 0.837. The lowest BCUT2D eigenvalue weighted by atomic mass is 9.86. The number of fused-ring (bicyclic) bond motifs is 1. The second kappa shape index (κ2) is 8.47. The first-order valence-corrected chi connectivity index (χ1v) is 9.83. The number of carbonyl (C=O) groups is 1. The van der Waals surface area contributed by atoms with Crippen LogP contribution in [0.4, 0.5) is 0 Å². The number of phenols is 3. The van der Waals surface area contributed by atoms with Gasteiger partial charge in [0.25, 0.3) is 0 Å². The van der Waals surface area contributed by atoms with E-state index >= 15 is 0 Å². The molecule has 0 aliphatic carbocycles. The van der Waals surface area contributed by atoms with E-state index in [-0.39, 0.29) is 40.2 Å². The van der Waals surface area contributed by atoms with Crippen LogP contribution in [-0.4, -0.2) is 28.4 Å². The van der Waals surface area contributed by atoms with Crippen molar-refractivity contribution in [3.8, 4) is 28.6 Å². The highest BCUT2D eigenvalue weighted by atomic mass is 16.5. The second-order valence-electron chi connectivity index (χ2n) is 7.30. The number of esters is 1. The summed E-state index contributed by atoms with van der Waals surface area (Å²) in [4.78, 5) is 25.1. The molecule has 0 fully saturated rings. The molecule has 0 aliphatic heterocycles. The Morgan fingerprint density at radius 1 is 0.969 bits per heavy atom. The Morgan fingerprint density at radius 2 is 1.66 bits per heavy atom. The molecule has 1 aromatic heterocycles. The van der Waals surface area contributed by atoms with Crippen molar-refractivity contribution in [2.75, 3.05) is 7.11 Å². The van der Waals surface area contributed by atoms with Gasteiger partial charge in [0.2, 0.25) is 0 Å². The second-order valence-corrected chi connectivity index (χ2v) is 7.30. The predicted octanol–water partition coefficient (Wildman–Crippen LogP) is 4.27. The molecule has 0 unspecified atom stereocenters. The molecule has 0 amide bonds. The molecule has 32 heavy (non-hydrogen) atoms. The zero-order valence-electron chi connectivity index (χ0n) is 17.1. The van der Waals surface area contributed by atoms with Crippen LogP contribution < -0.4 is 5.43 Å². The maximum atomic E-state index is 12.9. The molecular weight excluding hydrogens is 412 g/mol. The first-order valence-electron chi connectivity index (χ1n) is 9.83. The molecule has 0 saturated heterocycles. The van der Waals surface area contributed by atoms with Crippen molar-refractivity contribution in [2.24, 2.45) is 0 Å². The Balaban J connectivity index is 2.04. The maximum absolute atomic E-state index is 12.9. The minimum Gasteiger partial charge on any atom is -0.508 e. The summed E-state index contributed by atoms with van der Waals surface area (Å²) < 4.78 is 10.9. The summed E-state index contributed by atoms with van der Waals surface area (Å²) >= 11 is 0. The molecule has 162 valence electrons.